The zero-order valence-electron chi connectivity index (χ0n) is 16.3. The van der Waals surface area contributed by atoms with E-state index in [-0.39, 0.29) is 24.0 Å². The van der Waals surface area contributed by atoms with Gasteiger partial charge in [-0.1, -0.05) is 12.1 Å². The highest BCUT2D eigenvalue weighted by Crippen LogP contribution is 2.28. The van der Waals surface area contributed by atoms with E-state index in [2.05, 4.69) is 65.6 Å². The first-order valence-corrected chi connectivity index (χ1v) is 10.7. The van der Waals surface area contributed by atoms with Crippen LogP contribution in [0.4, 0.5) is 5.69 Å². The van der Waals surface area contributed by atoms with Gasteiger partial charge in [-0.25, -0.2) is 0 Å². The maximum Gasteiger partial charge on any atom is 0.191 e. The lowest BCUT2D eigenvalue weighted by molar-refractivity contribution is 0.330. The Kier molecular flexibility index (Phi) is 10.2. The van der Waals surface area contributed by atoms with E-state index >= 15 is 0 Å². The Morgan fingerprint density at radius 2 is 1.96 bits per heavy atom. The first kappa shape index (κ1) is 22.7. The molecule has 2 heterocycles. The molecule has 0 bridgehead atoms. The maximum absolute atomic E-state index is 4.40. The largest absolute Gasteiger partial charge is 0.368 e. The van der Waals surface area contributed by atoms with Crippen LogP contribution in [0, 0.1) is 0 Å². The molecule has 7 heteroatoms. The molecular weight excluding hydrogens is 517 g/mol. The summed E-state index contributed by atoms with van der Waals surface area (Å²) in [6.07, 6.45) is 6.37. The smallest absolute Gasteiger partial charge is 0.191 e. The molecule has 2 N–H and O–H groups in total. The van der Waals surface area contributed by atoms with Crippen LogP contribution in [0.2, 0.25) is 0 Å². The molecule has 0 radical (unpaired) electrons. The zero-order valence-corrected chi connectivity index (χ0v) is 20.2. The van der Waals surface area contributed by atoms with Crippen LogP contribution in [-0.4, -0.2) is 63.2 Å². The summed E-state index contributed by atoms with van der Waals surface area (Å²) in [4.78, 5) is 9.42. The van der Waals surface area contributed by atoms with E-state index < -0.39 is 0 Å². The van der Waals surface area contributed by atoms with Crippen LogP contribution in [0.25, 0.3) is 0 Å². The van der Waals surface area contributed by atoms with E-state index in [1.54, 1.807) is 0 Å². The molecule has 2 fully saturated rings. The number of benzene rings is 1. The standard InChI is InChI=1S/C20H32BrN5.HI/c1-22-20(23-11-4-5-12-25-13-6-7-14-25)24-17-10-15-26(16-17)19-9-3-2-8-18(19)21;/h2-3,8-9,17H,4-7,10-16H2,1H3,(H2,22,23,24);1H. The summed E-state index contributed by atoms with van der Waals surface area (Å²) in [6.45, 7) is 6.93. The van der Waals surface area contributed by atoms with E-state index in [1.165, 1.54) is 55.5 Å². The number of halogens is 2. The van der Waals surface area contributed by atoms with E-state index in [4.69, 9.17) is 0 Å². The van der Waals surface area contributed by atoms with Crippen molar-refractivity contribution in [1.82, 2.24) is 15.5 Å². The van der Waals surface area contributed by atoms with E-state index in [9.17, 15) is 0 Å². The van der Waals surface area contributed by atoms with Gasteiger partial charge in [-0.2, -0.15) is 0 Å². The number of para-hydroxylation sites is 1. The number of likely N-dealkylation sites (tertiary alicyclic amines) is 1. The highest BCUT2D eigenvalue weighted by atomic mass is 127. The summed E-state index contributed by atoms with van der Waals surface area (Å²) in [7, 11) is 1.86. The Morgan fingerprint density at radius 3 is 2.70 bits per heavy atom. The lowest BCUT2D eigenvalue weighted by atomic mass is 10.2. The second kappa shape index (κ2) is 12.1. The van der Waals surface area contributed by atoms with Crippen molar-refractivity contribution in [2.75, 3.05) is 51.2 Å². The number of hydrogen-bond acceptors (Lipinski definition) is 3. The minimum atomic E-state index is 0. The minimum absolute atomic E-state index is 0. The van der Waals surface area contributed by atoms with E-state index in [0.717, 1.165) is 32.0 Å². The van der Waals surface area contributed by atoms with Gasteiger partial charge in [0, 0.05) is 37.2 Å². The van der Waals surface area contributed by atoms with Gasteiger partial charge in [-0.15, -0.1) is 24.0 Å². The van der Waals surface area contributed by atoms with Gasteiger partial charge < -0.3 is 20.4 Å². The first-order valence-electron chi connectivity index (χ1n) is 9.95. The Bertz CT molecular complexity index is 591. The van der Waals surface area contributed by atoms with Crippen molar-refractivity contribution in [3.05, 3.63) is 28.7 Å². The Balaban J connectivity index is 0.00000261. The molecule has 5 nitrogen and oxygen atoms in total. The van der Waals surface area contributed by atoms with Gasteiger partial charge in [-0.3, -0.25) is 4.99 Å². The van der Waals surface area contributed by atoms with Gasteiger partial charge in [0.15, 0.2) is 5.96 Å². The van der Waals surface area contributed by atoms with Gasteiger partial charge >= 0.3 is 0 Å². The van der Waals surface area contributed by atoms with E-state index in [1.807, 2.05) is 7.05 Å². The molecule has 2 saturated heterocycles. The molecule has 2 aliphatic rings. The van der Waals surface area contributed by atoms with Gasteiger partial charge in [-0.05, 0) is 79.8 Å². The average molecular weight is 550 g/mol. The van der Waals surface area contributed by atoms with Crippen LogP contribution in [0.15, 0.2) is 33.7 Å². The molecule has 1 aromatic carbocycles. The number of nitrogens with zero attached hydrogens (tertiary/aromatic N) is 3. The number of nitrogens with one attached hydrogen (secondary N) is 2. The molecule has 0 saturated carbocycles. The summed E-state index contributed by atoms with van der Waals surface area (Å²) in [5.74, 6) is 0.935. The van der Waals surface area contributed by atoms with Crippen LogP contribution in [-0.2, 0) is 0 Å². The molecule has 0 spiro atoms. The average Bonchev–Trinajstić information content (AvgIpc) is 3.33. The molecule has 0 amide bonds. The van der Waals surface area contributed by atoms with Gasteiger partial charge in [0.2, 0.25) is 0 Å². The lowest BCUT2D eigenvalue weighted by Gasteiger charge is -2.21. The SMILES string of the molecule is CN=C(NCCCCN1CCCC1)NC1CCN(c2ccccc2Br)C1.I. The third kappa shape index (κ3) is 7.09. The van der Waals surface area contributed by atoms with Crippen LogP contribution in [0.5, 0.6) is 0 Å². The molecule has 3 rings (SSSR count). The summed E-state index contributed by atoms with van der Waals surface area (Å²) in [5, 5.41) is 7.07. The third-order valence-corrected chi connectivity index (χ3v) is 6.01. The van der Waals surface area contributed by atoms with Gasteiger partial charge in [0.05, 0.1) is 5.69 Å². The van der Waals surface area contributed by atoms with Crippen molar-refractivity contribution >= 4 is 51.6 Å². The van der Waals surface area contributed by atoms with Crippen molar-refractivity contribution in [1.29, 1.82) is 0 Å². The van der Waals surface area contributed by atoms with Gasteiger partial charge in [0.1, 0.15) is 0 Å². The van der Waals surface area contributed by atoms with Crippen LogP contribution >= 0.6 is 39.9 Å². The monoisotopic (exact) mass is 549 g/mol. The molecule has 0 aliphatic carbocycles. The highest BCUT2D eigenvalue weighted by molar-refractivity contribution is 14.0. The molecule has 152 valence electrons. The fourth-order valence-electron chi connectivity index (χ4n) is 3.87. The lowest BCUT2D eigenvalue weighted by Crippen LogP contribution is -2.45. The fourth-order valence-corrected chi connectivity index (χ4v) is 4.40. The highest BCUT2D eigenvalue weighted by Gasteiger charge is 2.24. The van der Waals surface area contributed by atoms with Crippen LogP contribution in [0.3, 0.4) is 0 Å². The van der Waals surface area contributed by atoms with Crippen molar-refractivity contribution in [3.63, 3.8) is 0 Å². The van der Waals surface area contributed by atoms with Gasteiger partial charge in [0.25, 0.3) is 0 Å². The van der Waals surface area contributed by atoms with Crippen LogP contribution < -0.4 is 15.5 Å². The summed E-state index contributed by atoms with van der Waals surface area (Å²) < 4.78 is 1.17. The molecule has 0 aromatic heterocycles. The Labute approximate surface area is 189 Å². The number of rotatable bonds is 7. The first-order chi connectivity index (χ1) is 12.8. The summed E-state index contributed by atoms with van der Waals surface area (Å²) in [5.41, 5.74) is 1.28. The number of unbranched alkanes of at least 4 members (excludes halogenated alkanes) is 1. The number of aliphatic imine (C=N–C) groups is 1. The quantitative estimate of drug-likeness (QED) is 0.236. The number of guanidine groups is 1. The number of anilines is 1. The van der Waals surface area contributed by atoms with Crippen molar-refractivity contribution < 1.29 is 0 Å². The predicted octanol–water partition coefficient (Wildman–Crippen LogP) is 3.69. The molecule has 1 unspecified atom stereocenters. The maximum atomic E-state index is 4.40. The molecular formula is C20H33BrIN5. The molecule has 27 heavy (non-hydrogen) atoms. The molecule has 1 aromatic rings. The minimum Gasteiger partial charge on any atom is -0.368 e. The zero-order chi connectivity index (χ0) is 18.2. The van der Waals surface area contributed by atoms with Crippen LogP contribution in [0.1, 0.15) is 32.1 Å². The predicted molar refractivity (Wildman–Crippen MR) is 130 cm³/mol. The Hall–Kier alpha value is -0.540. The normalized spacial score (nSPS) is 20.6. The Morgan fingerprint density at radius 1 is 1.19 bits per heavy atom. The summed E-state index contributed by atoms with van der Waals surface area (Å²) in [6, 6.07) is 8.90. The second-order valence-electron chi connectivity index (χ2n) is 7.28. The topological polar surface area (TPSA) is 42.9 Å². The van der Waals surface area contributed by atoms with Crippen molar-refractivity contribution in [2.24, 2.45) is 4.99 Å². The molecule has 1 atom stereocenters. The molecule has 2 aliphatic heterocycles. The summed E-state index contributed by atoms with van der Waals surface area (Å²) >= 11 is 3.66. The fraction of sp³-hybridized carbons (Fsp3) is 0.650. The van der Waals surface area contributed by atoms with Crippen molar-refractivity contribution in [2.45, 2.75) is 38.1 Å². The van der Waals surface area contributed by atoms with Crippen molar-refractivity contribution in [3.8, 4) is 0 Å². The number of hydrogen-bond donors (Lipinski definition) is 2. The second-order valence-corrected chi connectivity index (χ2v) is 8.14. The van der Waals surface area contributed by atoms with E-state index in [0.29, 0.717) is 6.04 Å². The third-order valence-electron chi connectivity index (χ3n) is 5.34.